The Bertz CT molecular complexity index is 487. The SMILES string of the molecule is CCCC(CCO)CNC(=NCc1csc(C(C)(C)C)n1)NCC. The standard InChI is InChI=1S/C18H34N4OS/c1-6-8-14(9-10-23)11-20-17(19-7-2)21-12-15-13-24-16(22-15)18(3,4)5/h13-14,23H,6-12H2,1-5H3,(H2,19,20,21). The molecule has 24 heavy (non-hydrogen) atoms. The Morgan fingerprint density at radius 3 is 2.58 bits per heavy atom. The zero-order valence-electron chi connectivity index (χ0n) is 15.9. The van der Waals surface area contributed by atoms with Crippen molar-refractivity contribution < 1.29 is 5.11 Å². The van der Waals surface area contributed by atoms with E-state index in [9.17, 15) is 5.11 Å². The van der Waals surface area contributed by atoms with Crippen LogP contribution in [0.5, 0.6) is 0 Å². The van der Waals surface area contributed by atoms with Crippen LogP contribution >= 0.6 is 11.3 Å². The summed E-state index contributed by atoms with van der Waals surface area (Å²) in [5, 5.41) is 19.1. The van der Waals surface area contributed by atoms with Gasteiger partial charge >= 0.3 is 0 Å². The molecule has 1 aromatic rings. The van der Waals surface area contributed by atoms with Crippen molar-refractivity contribution in [3.05, 3.63) is 16.1 Å². The number of aliphatic imine (C=N–C) groups is 1. The molecule has 1 unspecified atom stereocenters. The molecule has 1 heterocycles. The van der Waals surface area contributed by atoms with Crippen molar-refractivity contribution in [2.45, 2.75) is 65.8 Å². The topological polar surface area (TPSA) is 69.5 Å². The van der Waals surface area contributed by atoms with Crippen LogP contribution in [0.4, 0.5) is 0 Å². The molecule has 0 radical (unpaired) electrons. The molecule has 1 atom stereocenters. The molecule has 0 spiro atoms. The van der Waals surface area contributed by atoms with Gasteiger partial charge in [0.15, 0.2) is 5.96 Å². The van der Waals surface area contributed by atoms with E-state index in [4.69, 9.17) is 4.98 Å². The summed E-state index contributed by atoms with van der Waals surface area (Å²) < 4.78 is 0. The van der Waals surface area contributed by atoms with E-state index in [1.165, 1.54) is 0 Å². The molecule has 0 aliphatic carbocycles. The van der Waals surface area contributed by atoms with E-state index in [1.54, 1.807) is 11.3 Å². The molecule has 0 aliphatic heterocycles. The van der Waals surface area contributed by atoms with Gasteiger partial charge in [0.25, 0.3) is 0 Å². The Balaban J connectivity index is 2.63. The molecule has 0 fully saturated rings. The fourth-order valence-electron chi connectivity index (χ4n) is 2.41. The van der Waals surface area contributed by atoms with Gasteiger partial charge in [-0.25, -0.2) is 9.98 Å². The van der Waals surface area contributed by atoms with Crippen LogP contribution in [0.25, 0.3) is 0 Å². The smallest absolute Gasteiger partial charge is 0.191 e. The van der Waals surface area contributed by atoms with E-state index >= 15 is 0 Å². The third-order valence-electron chi connectivity index (χ3n) is 3.73. The number of nitrogens with one attached hydrogen (secondary N) is 2. The Hall–Kier alpha value is -1.14. The summed E-state index contributed by atoms with van der Waals surface area (Å²) in [5.41, 5.74) is 1.11. The lowest BCUT2D eigenvalue weighted by molar-refractivity contribution is 0.251. The molecule has 3 N–H and O–H groups in total. The number of aliphatic hydroxyl groups is 1. The van der Waals surface area contributed by atoms with E-state index in [0.717, 1.165) is 49.0 Å². The van der Waals surface area contributed by atoms with Crippen LogP contribution in [0.15, 0.2) is 10.4 Å². The molecule has 0 bridgehead atoms. The number of aromatic nitrogens is 1. The zero-order valence-corrected chi connectivity index (χ0v) is 16.7. The average Bonchev–Trinajstić information content (AvgIpc) is 2.99. The number of thiazole rings is 1. The van der Waals surface area contributed by atoms with Crippen LogP contribution in [-0.2, 0) is 12.0 Å². The molecule has 0 saturated heterocycles. The van der Waals surface area contributed by atoms with E-state index in [1.807, 2.05) is 0 Å². The minimum Gasteiger partial charge on any atom is -0.396 e. The lowest BCUT2D eigenvalue weighted by atomic mass is 9.98. The molecular formula is C18H34N4OS. The molecule has 0 aliphatic rings. The predicted molar refractivity (Wildman–Crippen MR) is 104 cm³/mol. The van der Waals surface area contributed by atoms with Gasteiger partial charge in [-0.2, -0.15) is 0 Å². The van der Waals surface area contributed by atoms with E-state index in [2.05, 4.69) is 55.6 Å². The molecule has 138 valence electrons. The zero-order chi connectivity index (χ0) is 18.0. The maximum absolute atomic E-state index is 9.17. The van der Waals surface area contributed by atoms with E-state index < -0.39 is 0 Å². The minimum atomic E-state index is 0.0903. The largest absolute Gasteiger partial charge is 0.396 e. The van der Waals surface area contributed by atoms with Gasteiger partial charge < -0.3 is 15.7 Å². The third-order valence-corrected chi connectivity index (χ3v) is 5.05. The summed E-state index contributed by atoms with van der Waals surface area (Å²) in [6.45, 7) is 13.3. The van der Waals surface area contributed by atoms with Gasteiger partial charge in [-0.05, 0) is 25.7 Å². The highest BCUT2D eigenvalue weighted by Crippen LogP contribution is 2.25. The number of hydrogen-bond acceptors (Lipinski definition) is 4. The molecule has 1 rings (SSSR count). The molecule has 5 nitrogen and oxygen atoms in total. The Kier molecular flexibility index (Phi) is 9.29. The van der Waals surface area contributed by atoms with Crippen molar-refractivity contribution in [2.75, 3.05) is 19.7 Å². The molecule has 6 heteroatoms. The maximum Gasteiger partial charge on any atom is 0.191 e. The summed E-state index contributed by atoms with van der Waals surface area (Å²) in [6, 6.07) is 0. The van der Waals surface area contributed by atoms with Crippen LogP contribution in [0.3, 0.4) is 0 Å². The molecule has 0 amide bonds. The minimum absolute atomic E-state index is 0.0903. The summed E-state index contributed by atoms with van der Waals surface area (Å²) >= 11 is 1.70. The lowest BCUT2D eigenvalue weighted by Crippen LogP contribution is -2.40. The quantitative estimate of drug-likeness (QED) is 0.470. The van der Waals surface area contributed by atoms with Gasteiger partial charge in [-0.3, -0.25) is 0 Å². The molecular weight excluding hydrogens is 320 g/mol. The van der Waals surface area contributed by atoms with Crippen LogP contribution in [0, 0.1) is 5.92 Å². The van der Waals surface area contributed by atoms with Crippen molar-refractivity contribution >= 4 is 17.3 Å². The fraction of sp³-hybridized carbons (Fsp3) is 0.778. The van der Waals surface area contributed by atoms with Crippen molar-refractivity contribution in [2.24, 2.45) is 10.9 Å². The first kappa shape index (κ1) is 20.9. The number of rotatable bonds is 9. The number of guanidine groups is 1. The second-order valence-electron chi connectivity index (χ2n) is 7.14. The second kappa shape index (κ2) is 10.7. The lowest BCUT2D eigenvalue weighted by Gasteiger charge is -2.18. The Labute approximate surface area is 151 Å². The van der Waals surface area contributed by atoms with Gasteiger partial charge in [0.1, 0.15) is 0 Å². The van der Waals surface area contributed by atoms with Gasteiger partial charge in [0, 0.05) is 30.5 Å². The van der Waals surface area contributed by atoms with Crippen molar-refractivity contribution in [3.63, 3.8) is 0 Å². The first-order valence-electron chi connectivity index (χ1n) is 8.98. The summed E-state index contributed by atoms with van der Waals surface area (Å²) in [7, 11) is 0. The van der Waals surface area contributed by atoms with E-state index in [0.29, 0.717) is 12.5 Å². The highest BCUT2D eigenvalue weighted by molar-refractivity contribution is 7.09. The summed E-state index contributed by atoms with van der Waals surface area (Å²) in [6.07, 6.45) is 3.09. The molecule has 1 aromatic heterocycles. The maximum atomic E-state index is 9.17. The normalized spacial score (nSPS) is 13.8. The molecule has 0 saturated carbocycles. The van der Waals surface area contributed by atoms with Crippen molar-refractivity contribution in [1.82, 2.24) is 15.6 Å². The predicted octanol–water partition coefficient (Wildman–Crippen LogP) is 3.29. The summed E-state index contributed by atoms with van der Waals surface area (Å²) in [5.74, 6) is 1.30. The summed E-state index contributed by atoms with van der Waals surface area (Å²) in [4.78, 5) is 9.34. The fourth-order valence-corrected chi connectivity index (χ4v) is 3.30. The monoisotopic (exact) mass is 354 g/mol. The third kappa shape index (κ3) is 7.62. The Morgan fingerprint density at radius 2 is 2.04 bits per heavy atom. The van der Waals surface area contributed by atoms with Gasteiger partial charge in [-0.1, -0.05) is 34.1 Å². The first-order chi connectivity index (χ1) is 11.4. The van der Waals surface area contributed by atoms with Gasteiger partial charge in [0.05, 0.1) is 17.2 Å². The first-order valence-corrected chi connectivity index (χ1v) is 9.86. The molecule has 0 aromatic carbocycles. The number of aliphatic hydroxyl groups excluding tert-OH is 1. The van der Waals surface area contributed by atoms with Crippen LogP contribution < -0.4 is 10.6 Å². The van der Waals surface area contributed by atoms with Crippen molar-refractivity contribution in [1.29, 1.82) is 0 Å². The number of nitrogens with zero attached hydrogens (tertiary/aromatic N) is 2. The van der Waals surface area contributed by atoms with Crippen LogP contribution in [0.1, 0.15) is 64.6 Å². The van der Waals surface area contributed by atoms with E-state index in [-0.39, 0.29) is 12.0 Å². The van der Waals surface area contributed by atoms with Crippen LogP contribution in [-0.4, -0.2) is 35.7 Å². The second-order valence-corrected chi connectivity index (χ2v) is 8.00. The average molecular weight is 355 g/mol. The highest BCUT2D eigenvalue weighted by Gasteiger charge is 2.17. The van der Waals surface area contributed by atoms with Crippen LogP contribution in [0.2, 0.25) is 0 Å². The van der Waals surface area contributed by atoms with Crippen molar-refractivity contribution in [3.8, 4) is 0 Å². The Morgan fingerprint density at radius 1 is 1.29 bits per heavy atom. The van der Waals surface area contributed by atoms with Gasteiger partial charge in [-0.15, -0.1) is 11.3 Å². The highest BCUT2D eigenvalue weighted by atomic mass is 32.1. The van der Waals surface area contributed by atoms with Gasteiger partial charge in [0.2, 0.25) is 0 Å². The number of hydrogen-bond donors (Lipinski definition) is 3.